The van der Waals surface area contributed by atoms with E-state index in [0.717, 1.165) is 0 Å². The van der Waals surface area contributed by atoms with E-state index >= 15 is 0 Å². The second-order valence-electron chi connectivity index (χ2n) is 2.43. The second kappa shape index (κ2) is 6.66. The topological polar surface area (TPSA) is 98.0 Å². The highest BCUT2D eigenvalue weighted by Crippen LogP contribution is 2.47. The maximum atomic E-state index is 9.20. The van der Waals surface area contributed by atoms with Crippen molar-refractivity contribution < 1.29 is 24.4 Å². The number of hydrogen-bond acceptors (Lipinski definition) is 2. The Hall–Kier alpha value is 0.580. The Bertz CT molecular complexity index is 359. The lowest BCUT2D eigenvalue weighted by molar-refractivity contribution is 0.275. The van der Waals surface area contributed by atoms with Crippen molar-refractivity contribution in [3.8, 4) is 5.75 Å². The fourth-order valence-electron chi connectivity index (χ4n) is 0.593. The standard InChI is InChI=1S/C6HCl5O.H3O4P/c7-1-2(8)4(10)6(12)5(11)3(1)9;1-5(2,3)4/h12H;(H3,1,2,3,4). The van der Waals surface area contributed by atoms with Crippen LogP contribution in [-0.2, 0) is 4.57 Å². The largest absolute Gasteiger partial charge is 0.505 e. The first-order valence-corrected chi connectivity index (χ1v) is 6.91. The third-order valence-corrected chi connectivity index (χ3v) is 3.44. The van der Waals surface area contributed by atoms with E-state index in [0.29, 0.717) is 0 Å². The summed E-state index contributed by atoms with van der Waals surface area (Å²) in [6.07, 6.45) is 0. The van der Waals surface area contributed by atoms with Crippen LogP contribution in [0.25, 0.3) is 0 Å². The Balaban J connectivity index is 0.000000437. The van der Waals surface area contributed by atoms with Gasteiger partial charge in [0.1, 0.15) is 10.0 Å². The van der Waals surface area contributed by atoms with E-state index in [9.17, 15) is 5.11 Å². The lowest BCUT2D eigenvalue weighted by Gasteiger charge is -2.06. The lowest BCUT2D eigenvalue weighted by atomic mass is 10.3. The molecule has 0 heterocycles. The van der Waals surface area contributed by atoms with Gasteiger partial charge in [-0.2, -0.15) is 0 Å². The summed E-state index contributed by atoms with van der Waals surface area (Å²) < 4.78 is 8.88. The number of benzene rings is 1. The van der Waals surface area contributed by atoms with Crippen molar-refractivity contribution in [3.05, 3.63) is 25.1 Å². The van der Waals surface area contributed by atoms with Gasteiger partial charge in [0.15, 0.2) is 5.75 Å². The quantitative estimate of drug-likeness (QED) is 0.319. The third kappa shape index (κ3) is 5.83. The van der Waals surface area contributed by atoms with Crippen LogP contribution in [-0.4, -0.2) is 19.8 Å². The van der Waals surface area contributed by atoms with Crippen molar-refractivity contribution in [2.75, 3.05) is 0 Å². The van der Waals surface area contributed by atoms with Crippen LogP contribution in [0.4, 0.5) is 0 Å². The highest BCUT2D eigenvalue weighted by Gasteiger charge is 2.18. The first-order valence-electron chi connectivity index (χ1n) is 3.45. The molecule has 5 nitrogen and oxygen atoms in total. The van der Waals surface area contributed by atoms with Crippen LogP contribution in [0.3, 0.4) is 0 Å². The van der Waals surface area contributed by atoms with Crippen molar-refractivity contribution in [2.24, 2.45) is 0 Å². The Kier molecular flexibility index (Phi) is 6.89. The van der Waals surface area contributed by atoms with E-state index in [1.54, 1.807) is 0 Å². The third-order valence-electron chi connectivity index (χ3n) is 1.19. The maximum Gasteiger partial charge on any atom is 0.466 e. The molecule has 0 amide bonds. The summed E-state index contributed by atoms with van der Waals surface area (Å²) in [6.45, 7) is 0. The van der Waals surface area contributed by atoms with Gasteiger partial charge in [-0.3, -0.25) is 0 Å². The number of phenolic OH excluding ortho intramolecular Hbond substituents is 1. The van der Waals surface area contributed by atoms with Crippen molar-refractivity contribution in [1.29, 1.82) is 0 Å². The zero-order chi connectivity index (χ0) is 14.0. The average molecular weight is 364 g/mol. The fraction of sp³-hybridized carbons (Fsp3) is 0. The molecule has 17 heavy (non-hydrogen) atoms. The molecule has 0 spiro atoms. The van der Waals surface area contributed by atoms with Crippen LogP contribution in [0.1, 0.15) is 0 Å². The van der Waals surface area contributed by atoms with E-state index in [1.165, 1.54) is 0 Å². The highest BCUT2D eigenvalue weighted by atomic mass is 35.5. The van der Waals surface area contributed by atoms with Gasteiger partial charge in [-0.15, -0.1) is 0 Å². The average Bonchev–Trinajstić information content (AvgIpc) is 2.18. The first kappa shape index (κ1) is 17.6. The van der Waals surface area contributed by atoms with Crippen LogP contribution < -0.4 is 0 Å². The minimum atomic E-state index is -4.64. The molecule has 0 saturated carbocycles. The van der Waals surface area contributed by atoms with Crippen molar-refractivity contribution in [3.63, 3.8) is 0 Å². The van der Waals surface area contributed by atoms with Gasteiger partial charge in [0.05, 0.1) is 15.1 Å². The van der Waals surface area contributed by atoms with Crippen LogP contribution in [0, 0.1) is 0 Å². The SMILES string of the molecule is O=P(O)(O)O.Oc1c(Cl)c(Cl)c(Cl)c(Cl)c1Cl. The van der Waals surface area contributed by atoms with Gasteiger partial charge in [-0.25, -0.2) is 4.57 Å². The zero-order valence-electron chi connectivity index (χ0n) is 7.53. The lowest BCUT2D eigenvalue weighted by Crippen LogP contribution is -1.78. The van der Waals surface area contributed by atoms with Gasteiger partial charge in [-0.1, -0.05) is 58.0 Å². The van der Waals surface area contributed by atoms with E-state index in [1.807, 2.05) is 0 Å². The first-order chi connectivity index (χ1) is 7.46. The molecule has 1 aromatic carbocycles. The minimum Gasteiger partial charge on any atom is -0.505 e. The molecule has 0 fully saturated rings. The van der Waals surface area contributed by atoms with Crippen LogP contribution in [0.5, 0.6) is 5.75 Å². The summed E-state index contributed by atoms with van der Waals surface area (Å²) >= 11 is 27.9. The van der Waals surface area contributed by atoms with Gasteiger partial charge in [0, 0.05) is 0 Å². The molecule has 0 radical (unpaired) electrons. The molecule has 0 aliphatic heterocycles. The number of rotatable bonds is 0. The van der Waals surface area contributed by atoms with Crippen molar-refractivity contribution in [2.45, 2.75) is 0 Å². The summed E-state index contributed by atoms with van der Waals surface area (Å²) in [7, 11) is -4.64. The number of phosphoric acid groups is 1. The highest BCUT2D eigenvalue weighted by molar-refractivity contribution is 7.45. The summed E-state index contributed by atoms with van der Waals surface area (Å²) in [5, 5.41) is 9.01. The summed E-state index contributed by atoms with van der Waals surface area (Å²) in [5.74, 6) is -0.363. The van der Waals surface area contributed by atoms with E-state index in [4.69, 9.17) is 77.2 Å². The van der Waals surface area contributed by atoms with Crippen molar-refractivity contribution in [1.82, 2.24) is 0 Å². The maximum absolute atomic E-state index is 9.20. The number of phenols is 1. The Morgan fingerprint density at radius 1 is 0.706 bits per heavy atom. The van der Waals surface area contributed by atoms with Gasteiger partial charge in [0.25, 0.3) is 0 Å². The number of hydrogen-bond donors (Lipinski definition) is 4. The Morgan fingerprint density at radius 2 is 0.882 bits per heavy atom. The Labute approximate surface area is 121 Å². The molecule has 0 saturated heterocycles. The molecule has 11 heteroatoms. The molecular weight excluding hydrogens is 360 g/mol. The molecule has 98 valence electrons. The van der Waals surface area contributed by atoms with E-state index in [-0.39, 0.29) is 30.9 Å². The van der Waals surface area contributed by atoms with Gasteiger partial charge in [0.2, 0.25) is 0 Å². The molecule has 4 N–H and O–H groups in total. The molecule has 0 bridgehead atoms. The molecule has 0 aliphatic rings. The zero-order valence-corrected chi connectivity index (χ0v) is 12.2. The second-order valence-corrected chi connectivity index (χ2v) is 5.35. The molecule has 0 aromatic heterocycles. The predicted octanol–water partition coefficient (Wildman–Crippen LogP) is 3.73. The van der Waals surface area contributed by atoms with E-state index in [2.05, 4.69) is 0 Å². The van der Waals surface area contributed by atoms with Gasteiger partial charge in [-0.05, 0) is 0 Å². The summed E-state index contributed by atoms with van der Waals surface area (Å²) in [6, 6.07) is 0. The normalized spacial score (nSPS) is 10.8. The molecule has 1 rings (SSSR count). The molecular formula is C6H4Cl5O5P. The van der Waals surface area contributed by atoms with Gasteiger partial charge < -0.3 is 19.8 Å². The molecule has 0 atom stereocenters. The monoisotopic (exact) mass is 362 g/mol. The minimum absolute atomic E-state index is 0.00904. The smallest absolute Gasteiger partial charge is 0.466 e. The summed E-state index contributed by atoms with van der Waals surface area (Å²) in [5.41, 5.74) is 0. The Morgan fingerprint density at radius 3 is 1.12 bits per heavy atom. The molecule has 1 aromatic rings. The van der Waals surface area contributed by atoms with Gasteiger partial charge >= 0.3 is 7.82 Å². The predicted molar refractivity (Wildman–Crippen MR) is 67.4 cm³/mol. The van der Waals surface area contributed by atoms with Crippen LogP contribution in [0.15, 0.2) is 0 Å². The molecule has 0 aliphatic carbocycles. The number of aromatic hydroxyl groups is 1. The molecule has 0 unspecified atom stereocenters. The fourth-order valence-corrected chi connectivity index (χ4v) is 1.72. The van der Waals surface area contributed by atoms with Crippen LogP contribution in [0.2, 0.25) is 25.1 Å². The number of halogens is 5. The van der Waals surface area contributed by atoms with Crippen LogP contribution >= 0.6 is 65.8 Å². The van der Waals surface area contributed by atoms with Crippen molar-refractivity contribution >= 4 is 65.8 Å². The van der Waals surface area contributed by atoms with E-state index < -0.39 is 7.82 Å². The summed E-state index contributed by atoms with van der Waals surface area (Å²) in [4.78, 5) is 21.6.